The van der Waals surface area contributed by atoms with Crippen molar-refractivity contribution in [1.82, 2.24) is 19.2 Å². The van der Waals surface area contributed by atoms with Gasteiger partial charge in [0, 0.05) is 45.5 Å². The molecule has 10 heteroatoms. The SMILES string of the molecule is O=C1/C(=C\c2c(N3CCN(Cc4ccccc4)CC3)nc3ccccn3c2=O)SC(=S)N1C[C@@H]1CCCO1. The van der Waals surface area contributed by atoms with Crippen LogP contribution >= 0.6 is 24.0 Å². The number of benzene rings is 1. The Bertz CT molecular complexity index is 1440. The van der Waals surface area contributed by atoms with E-state index < -0.39 is 0 Å². The Morgan fingerprint density at radius 2 is 1.84 bits per heavy atom. The van der Waals surface area contributed by atoms with Crippen molar-refractivity contribution in [2.45, 2.75) is 25.5 Å². The van der Waals surface area contributed by atoms with Crippen molar-refractivity contribution in [2.75, 3.05) is 44.2 Å². The maximum Gasteiger partial charge on any atom is 0.267 e. The van der Waals surface area contributed by atoms with Crippen molar-refractivity contribution in [2.24, 2.45) is 0 Å². The average Bonchev–Trinajstić information content (AvgIpc) is 3.55. The molecule has 3 saturated heterocycles. The summed E-state index contributed by atoms with van der Waals surface area (Å²) in [4.78, 5) is 38.5. The van der Waals surface area contributed by atoms with Crippen LogP contribution in [-0.2, 0) is 16.1 Å². The van der Waals surface area contributed by atoms with Gasteiger partial charge in [-0.15, -0.1) is 0 Å². The number of carbonyl (C=O) groups excluding carboxylic acids is 1. The number of aromatic nitrogens is 2. The average molecular weight is 548 g/mol. The Hall–Kier alpha value is -3.05. The number of piperazine rings is 1. The van der Waals surface area contributed by atoms with Crippen LogP contribution in [0.5, 0.6) is 0 Å². The van der Waals surface area contributed by atoms with E-state index in [1.807, 2.05) is 24.3 Å². The predicted molar refractivity (Wildman–Crippen MR) is 154 cm³/mol. The Labute approximate surface area is 230 Å². The summed E-state index contributed by atoms with van der Waals surface area (Å²) in [6.45, 7) is 5.25. The summed E-state index contributed by atoms with van der Waals surface area (Å²) in [6.07, 6.45) is 5.33. The molecule has 0 aliphatic carbocycles. The van der Waals surface area contributed by atoms with Crippen LogP contribution in [0.15, 0.2) is 64.4 Å². The van der Waals surface area contributed by atoms with Crippen LogP contribution in [0.1, 0.15) is 24.0 Å². The zero-order valence-corrected chi connectivity index (χ0v) is 22.6. The number of hydrogen-bond acceptors (Lipinski definition) is 8. The highest BCUT2D eigenvalue weighted by atomic mass is 32.2. The topological polar surface area (TPSA) is 70.4 Å². The van der Waals surface area contributed by atoms with Gasteiger partial charge in [0.1, 0.15) is 15.8 Å². The van der Waals surface area contributed by atoms with Gasteiger partial charge in [0.05, 0.1) is 23.1 Å². The van der Waals surface area contributed by atoms with Gasteiger partial charge in [-0.3, -0.25) is 23.8 Å². The second kappa shape index (κ2) is 11.0. The number of pyridine rings is 1. The largest absolute Gasteiger partial charge is 0.376 e. The standard InChI is InChI=1S/C28H29N5O3S2/c34-26-22(17-23-27(35)33(28(37)38-23)19-21-9-6-16-36-21)25(29-24-10-4-5-11-32(24)26)31-14-12-30(13-15-31)18-20-7-2-1-3-8-20/h1-5,7-8,10-11,17,21H,6,9,12-16,18-19H2/b23-17+/t21-/m0/s1. The summed E-state index contributed by atoms with van der Waals surface area (Å²) >= 11 is 6.78. The second-order valence-corrected chi connectivity index (χ2v) is 11.4. The maximum absolute atomic E-state index is 13.7. The number of hydrogen-bond donors (Lipinski definition) is 0. The van der Waals surface area contributed by atoms with E-state index >= 15 is 0 Å². The van der Waals surface area contributed by atoms with Crippen LogP contribution in [0.3, 0.4) is 0 Å². The molecule has 0 unspecified atom stereocenters. The lowest BCUT2D eigenvalue weighted by atomic mass is 10.2. The summed E-state index contributed by atoms with van der Waals surface area (Å²) in [6, 6.07) is 16.0. The minimum atomic E-state index is -0.193. The van der Waals surface area contributed by atoms with Crippen LogP contribution in [-0.4, -0.2) is 74.8 Å². The normalized spacial score (nSPS) is 21.8. The van der Waals surface area contributed by atoms with Crippen LogP contribution < -0.4 is 10.5 Å². The fraction of sp³-hybridized carbons (Fsp3) is 0.357. The molecule has 2 aromatic heterocycles. The molecule has 0 spiro atoms. The van der Waals surface area contributed by atoms with Gasteiger partial charge in [-0.2, -0.15) is 0 Å². The first-order valence-corrected chi connectivity index (χ1v) is 14.2. The first-order valence-electron chi connectivity index (χ1n) is 13.0. The maximum atomic E-state index is 13.7. The van der Waals surface area contributed by atoms with Gasteiger partial charge < -0.3 is 9.64 Å². The highest BCUT2D eigenvalue weighted by Gasteiger charge is 2.35. The Kier molecular flexibility index (Phi) is 7.29. The van der Waals surface area contributed by atoms with Crippen LogP contribution in [0.4, 0.5) is 5.82 Å². The molecule has 1 atom stereocenters. The molecule has 3 fully saturated rings. The number of fused-ring (bicyclic) bond motifs is 1. The predicted octanol–water partition coefficient (Wildman–Crippen LogP) is 3.40. The molecule has 5 heterocycles. The van der Waals surface area contributed by atoms with E-state index in [0.717, 1.165) is 52.2 Å². The molecule has 0 bridgehead atoms. The lowest BCUT2D eigenvalue weighted by molar-refractivity contribution is -0.123. The highest BCUT2D eigenvalue weighted by molar-refractivity contribution is 8.26. The number of nitrogens with zero attached hydrogens (tertiary/aromatic N) is 5. The fourth-order valence-electron chi connectivity index (χ4n) is 5.20. The second-order valence-electron chi connectivity index (χ2n) is 9.76. The number of amides is 1. The molecule has 3 aliphatic rings. The number of thioether (sulfide) groups is 1. The van der Waals surface area contributed by atoms with Gasteiger partial charge in [0.15, 0.2) is 0 Å². The highest BCUT2D eigenvalue weighted by Crippen LogP contribution is 2.34. The third kappa shape index (κ3) is 5.13. The van der Waals surface area contributed by atoms with E-state index in [0.29, 0.717) is 32.8 Å². The zero-order chi connectivity index (χ0) is 26.1. The molecule has 1 aromatic carbocycles. The first-order chi connectivity index (χ1) is 18.6. The van der Waals surface area contributed by atoms with Crippen molar-refractivity contribution in [3.05, 3.63) is 81.1 Å². The molecule has 0 N–H and O–H groups in total. The van der Waals surface area contributed by atoms with E-state index in [4.69, 9.17) is 21.9 Å². The van der Waals surface area contributed by atoms with Gasteiger partial charge in [-0.1, -0.05) is 60.4 Å². The molecular weight excluding hydrogens is 518 g/mol. The molecule has 3 aliphatic heterocycles. The van der Waals surface area contributed by atoms with Crippen molar-refractivity contribution >= 4 is 51.7 Å². The molecule has 38 heavy (non-hydrogen) atoms. The molecular formula is C28H29N5O3S2. The third-order valence-electron chi connectivity index (χ3n) is 7.23. The van der Waals surface area contributed by atoms with Crippen molar-refractivity contribution in [3.63, 3.8) is 0 Å². The van der Waals surface area contributed by atoms with Crippen LogP contribution in [0.25, 0.3) is 11.7 Å². The van der Waals surface area contributed by atoms with Crippen LogP contribution in [0, 0.1) is 0 Å². The molecule has 8 nitrogen and oxygen atoms in total. The monoisotopic (exact) mass is 547 g/mol. The lowest BCUT2D eigenvalue weighted by Crippen LogP contribution is -2.47. The Balaban J connectivity index is 1.29. The fourth-order valence-corrected chi connectivity index (χ4v) is 6.46. The smallest absolute Gasteiger partial charge is 0.267 e. The number of anilines is 1. The van der Waals surface area contributed by atoms with Crippen molar-refractivity contribution < 1.29 is 9.53 Å². The molecule has 0 radical (unpaired) electrons. The van der Waals surface area contributed by atoms with Crippen LogP contribution in [0.2, 0.25) is 0 Å². The summed E-state index contributed by atoms with van der Waals surface area (Å²) in [5.74, 6) is 0.441. The van der Waals surface area contributed by atoms with E-state index in [9.17, 15) is 9.59 Å². The van der Waals surface area contributed by atoms with Gasteiger partial charge >= 0.3 is 0 Å². The molecule has 3 aromatic rings. The van der Waals surface area contributed by atoms with E-state index in [1.165, 1.54) is 21.7 Å². The summed E-state index contributed by atoms with van der Waals surface area (Å²) < 4.78 is 7.76. The van der Waals surface area contributed by atoms with Crippen molar-refractivity contribution in [1.29, 1.82) is 0 Å². The third-order valence-corrected chi connectivity index (χ3v) is 8.61. The minimum Gasteiger partial charge on any atom is -0.376 e. The number of rotatable bonds is 6. The van der Waals surface area contributed by atoms with Gasteiger partial charge in [0.25, 0.3) is 11.5 Å². The van der Waals surface area contributed by atoms with Gasteiger partial charge in [-0.05, 0) is 36.6 Å². The summed E-state index contributed by atoms with van der Waals surface area (Å²) in [7, 11) is 0. The number of thiocarbonyl (C=S) groups is 1. The molecule has 6 rings (SSSR count). The zero-order valence-electron chi connectivity index (χ0n) is 21.0. The van der Waals surface area contributed by atoms with Gasteiger partial charge in [0.2, 0.25) is 0 Å². The first kappa shape index (κ1) is 25.2. The molecule has 0 saturated carbocycles. The van der Waals surface area contributed by atoms with E-state index in [2.05, 4.69) is 34.1 Å². The summed E-state index contributed by atoms with van der Waals surface area (Å²) in [5, 5.41) is 0. The van der Waals surface area contributed by atoms with E-state index in [-0.39, 0.29) is 17.6 Å². The van der Waals surface area contributed by atoms with Gasteiger partial charge in [-0.25, -0.2) is 4.98 Å². The minimum absolute atomic E-state index is 0.00699. The number of ether oxygens (including phenoxy) is 1. The number of carbonyl (C=O) groups is 1. The molecule has 196 valence electrons. The molecule has 1 amide bonds. The quantitative estimate of drug-likeness (QED) is 0.344. The van der Waals surface area contributed by atoms with Crippen molar-refractivity contribution in [3.8, 4) is 0 Å². The lowest BCUT2D eigenvalue weighted by Gasteiger charge is -2.36. The summed E-state index contributed by atoms with van der Waals surface area (Å²) in [5.41, 5.74) is 2.10. The Morgan fingerprint density at radius 1 is 1.05 bits per heavy atom. The Morgan fingerprint density at radius 3 is 2.61 bits per heavy atom. The van der Waals surface area contributed by atoms with E-state index in [1.54, 1.807) is 17.2 Å².